The predicted octanol–water partition coefficient (Wildman–Crippen LogP) is 4.74. The molecule has 1 saturated heterocycles. The van der Waals surface area contributed by atoms with Gasteiger partial charge in [-0.3, -0.25) is 4.79 Å². The third-order valence-electron chi connectivity index (χ3n) is 5.35. The Morgan fingerprint density at radius 1 is 1.03 bits per heavy atom. The second-order valence-corrected chi connectivity index (χ2v) is 9.00. The van der Waals surface area contributed by atoms with Crippen molar-refractivity contribution in [2.24, 2.45) is 5.92 Å². The summed E-state index contributed by atoms with van der Waals surface area (Å²) in [5.74, 6) is -3.07. The minimum absolute atomic E-state index is 0.0775. The lowest BCUT2D eigenvalue weighted by Gasteiger charge is -2.45. The number of aliphatic hydroxyl groups is 1. The van der Waals surface area contributed by atoms with Gasteiger partial charge in [0.05, 0.1) is 6.04 Å². The van der Waals surface area contributed by atoms with Crippen molar-refractivity contribution in [2.45, 2.75) is 44.1 Å². The zero-order valence-electron chi connectivity index (χ0n) is 17.0. The van der Waals surface area contributed by atoms with Crippen molar-refractivity contribution in [3.63, 3.8) is 0 Å². The van der Waals surface area contributed by atoms with Crippen LogP contribution in [0.5, 0.6) is 0 Å². The van der Waals surface area contributed by atoms with Crippen LogP contribution in [0.3, 0.4) is 0 Å². The number of benzene rings is 2. The van der Waals surface area contributed by atoms with Gasteiger partial charge in [0.15, 0.2) is 5.78 Å². The fourth-order valence-electron chi connectivity index (χ4n) is 3.60. The van der Waals surface area contributed by atoms with E-state index in [9.17, 15) is 27.9 Å². The van der Waals surface area contributed by atoms with E-state index in [4.69, 9.17) is 11.6 Å². The Morgan fingerprint density at radius 2 is 1.58 bits per heavy atom. The molecule has 5 nitrogen and oxygen atoms in total. The maximum Gasteiger partial charge on any atom is 0.437 e. The van der Waals surface area contributed by atoms with Crippen molar-refractivity contribution in [3.8, 4) is 0 Å². The van der Waals surface area contributed by atoms with E-state index in [1.165, 1.54) is 29.6 Å². The zero-order chi connectivity index (χ0) is 23.2. The summed E-state index contributed by atoms with van der Waals surface area (Å²) < 4.78 is 41.8. The smallest absolute Gasteiger partial charge is 0.363 e. The zero-order valence-corrected chi connectivity index (χ0v) is 17.8. The number of carbonyl (C=O) groups is 2. The Morgan fingerprint density at radius 3 is 2.06 bits per heavy atom. The van der Waals surface area contributed by atoms with E-state index in [-0.39, 0.29) is 16.5 Å². The molecular weight excluding hydrogens is 433 g/mol. The highest BCUT2D eigenvalue weighted by molar-refractivity contribution is 6.30. The SMILES string of the molecule is CC(C)(C)c1ccc([C@@H]2NC(=O)N[C@@](O)(C(F)(F)F)[C@H]2C(=O)c2ccc(Cl)cc2)cc1. The van der Waals surface area contributed by atoms with Gasteiger partial charge >= 0.3 is 12.2 Å². The standard InChI is InChI=1S/C22H22ClF3N2O3/c1-20(2,3)14-8-4-12(5-9-14)17-16(18(29)13-6-10-15(23)11-7-13)21(31,22(24,25)26)28-19(30)27-17/h4-11,16-17,31H,1-3H3,(H2,27,28,30)/t16-,17+,21+/m1/s1. The Bertz CT molecular complexity index is 985. The quantitative estimate of drug-likeness (QED) is 0.586. The highest BCUT2D eigenvalue weighted by Crippen LogP contribution is 2.44. The molecule has 2 aromatic carbocycles. The van der Waals surface area contributed by atoms with Crippen LogP contribution in [-0.4, -0.2) is 28.8 Å². The number of hydrogen-bond acceptors (Lipinski definition) is 3. The molecule has 0 unspecified atom stereocenters. The number of ketones is 1. The molecule has 0 aromatic heterocycles. The van der Waals surface area contributed by atoms with E-state index >= 15 is 0 Å². The summed E-state index contributed by atoms with van der Waals surface area (Å²) in [6.45, 7) is 5.93. The number of carbonyl (C=O) groups excluding carboxylic acids is 2. The van der Waals surface area contributed by atoms with Gasteiger partial charge in [-0.15, -0.1) is 0 Å². The first-order valence-corrected chi connectivity index (χ1v) is 9.90. The molecule has 0 spiro atoms. The van der Waals surface area contributed by atoms with Crippen LogP contribution in [0.1, 0.15) is 48.3 Å². The molecule has 3 N–H and O–H groups in total. The lowest BCUT2D eigenvalue weighted by atomic mass is 9.76. The first-order chi connectivity index (χ1) is 14.2. The van der Waals surface area contributed by atoms with Crippen LogP contribution in [0.15, 0.2) is 48.5 Å². The average molecular weight is 455 g/mol. The largest absolute Gasteiger partial charge is 0.437 e. The number of urea groups is 1. The second kappa shape index (κ2) is 7.84. The Hall–Kier alpha value is -2.58. The molecule has 1 aliphatic heterocycles. The molecule has 166 valence electrons. The van der Waals surface area contributed by atoms with Gasteiger partial charge in [-0.2, -0.15) is 13.2 Å². The highest BCUT2D eigenvalue weighted by atomic mass is 35.5. The molecule has 0 saturated carbocycles. The van der Waals surface area contributed by atoms with Crippen molar-refractivity contribution in [2.75, 3.05) is 0 Å². The molecule has 2 amide bonds. The summed E-state index contributed by atoms with van der Waals surface area (Å²) in [5, 5.41) is 14.8. The number of rotatable bonds is 3. The van der Waals surface area contributed by atoms with Gasteiger partial charge in [0, 0.05) is 10.6 Å². The summed E-state index contributed by atoms with van der Waals surface area (Å²) in [4.78, 5) is 25.3. The summed E-state index contributed by atoms with van der Waals surface area (Å²) in [6, 6.07) is 9.18. The van der Waals surface area contributed by atoms with Gasteiger partial charge in [-0.1, -0.05) is 56.6 Å². The van der Waals surface area contributed by atoms with Crippen LogP contribution in [0.4, 0.5) is 18.0 Å². The number of amides is 2. The van der Waals surface area contributed by atoms with Crippen LogP contribution in [0.2, 0.25) is 5.02 Å². The molecule has 3 atom stereocenters. The van der Waals surface area contributed by atoms with Crippen LogP contribution in [0.25, 0.3) is 0 Å². The van der Waals surface area contributed by atoms with Crippen molar-refractivity contribution in [3.05, 3.63) is 70.2 Å². The summed E-state index contributed by atoms with van der Waals surface area (Å²) >= 11 is 5.82. The molecule has 0 radical (unpaired) electrons. The van der Waals surface area contributed by atoms with E-state index in [1.807, 2.05) is 20.8 Å². The number of hydrogen-bond donors (Lipinski definition) is 3. The summed E-state index contributed by atoms with van der Waals surface area (Å²) in [7, 11) is 0. The fraction of sp³-hybridized carbons (Fsp3) is 0.364. The van der Waals surface area contributed by atoms with Crippen LogP contribution in [-0.2, 0) is 5.41 Å². The lowest BCUT2D eigenvalue weighted by molar-refractivity contribution is -0.287. The third-order valence-corrected chi connectivity index (χ3v) is 5.61. The molecule has 1 fully saturated rings. The summed E-state index contributed by atoms with van der Waals surface area (Å²) in [5.41, 5.74) is -2.87. The van der Waals surface area contributed by atoms with Crippen LogP contribution < -0.4 is 10.6 Å². The second-order valence-electron chi connectivity index (χ2n) is 8.56. The normalized spacial score (nSPS) is 24.3. The average Bonchev–Trinajstić information content (AvgIpc) is 2.66. The molecule has 1 heterocycles. The maximum atomic E-state index is 13.9. The number of halogens is 4. The maximum absolute atomic E-state index is 13.9. The Kier molecular flexibility index (Phi) is 5.84. The van der Waals surface area contributed by atoms with Crippen molar-refractivity contribution >= 4 is 23.4 Å². The minimum Gasteiger partial charge on any atom is -0.363 e. The van der Waals surface area contributed by atoms with E-state index in [0.29, 0.717) is 5.02 Å². The first-order valence-electron chi connectivity index (χ1n) is 9.52. The molecule has 3 rings (SSSR count). The Labute approximate surface area is 182 Å². The fourth-order valence-corrected chi connectivity index (χ4v) is 3.73. The van der Waals surface area contributed by atoms with Crippen molar-refractivity contribution in [1.29, 1.82) is 0 Å². The number of alkyl halides is 3. The van der Waals surface area contributed by atoms with E-state index in [0.717, 1.165) is 5.56 Å². The van der Waals surface area contributed by atoms with Crippen molar-refractivity contribution in [1.82, 2.24) is 10.6 Å². The van der Waals surface area contributed by atoms with Crippen molar-refractivity contribution < 1.29 is 27.9 Å². The van der Waals surface area contributed by atoms with Gasteiger partial charge in [-0.25, -0.2) is 4.79 Å². The van der Waals surface area contributed by atoms with Gasteiger partial charge in [0.25, 0.3) is 0 Å². The van der Waals surface area contributed by atoms with Gasteiger partial charge in [0.1, 0.15) is 5.92 Å². The molecule has 0 aliphatic carbocycles. The number of nitrogens with one attached hydrogen (secondary N) is 2. The molecule has 9 heteroatoms. The molecule has 2 aromatic rings. The lowest BCUT2D eigenvalue weighted by Crippen LogP contribution is -2.72. The number of Topliss-reactive ketones (excluding diaryl/α,β-unsaturated/α-hetero) is 1. The van der Waals surface area contributed by atoms with E-state index in [2.05, 4.69) is 5.32 Å². The van der Waals surface area contributed by atoms with Gasteiger partial charge in [-0.05, 0) is 40.8 Å². The van der Waals surface area contributed by atoms with Gasteiger partial charge < -0.3 is 15.7 Å². The Balaban J connectivity index is 2.13. The van der Waals surface area contributed by atoms with Gasteiger partial charge in [0.2, 0.25) is 5.72 Å². The summed E-state index contributed by atoms with van der Waals surface area (Å²) in [6.07, 6.45) is -5.30. The first kappa shape index (κ1) is 23.1. The molecular formula is C22H22ClF3N2O3. The molecule has 1 aliphatic rings. The van der Waals surface area contributed by atoms with Crippen LogP contribution in [0, 0.1) is 5.92 Å². The predicted molar refractivity (Wildman–Crippen MR) is 110 cm³/mol. The van der Waals surface area contributed by atoms with E-state index < -0.39 is 35.7 Å². The third kappa shape index (κ3) is 4.41. The minimum atomic E-state index is -5.30. The monoisotopic (exact) mass is 454 g/mol. The highest BCUT2D eigenvalue weighted by Gasteiger charge is 2.66. The molecule has 0 bridgehead atoms. The molecule has 31 heavy (non-hydrogen) atoms. The van der Waals surface area contributed by atoms with Crippen LogP contribution >= 0.6 is 11.6 Å². The van der Waals surface area contributed by atoms with E-state index in [1.54, 1.807) is 24.3 Å². The topological polar surface area (TPSA) is 78.4 Å².